The summed E-state index contributed by atoms with van der Waals surface area (Å²) < 4.78 is 5.41. The molecule has 3 saturated heterocycles. The normalized spacial score (nSPS) is 22.5. The third kappa shape index (κ3) is 3.71. The lowest BCUT2D eigenvalue weighted by atomic mass is 9.95. The maximum Gasteiger partial charge on any atom is 0.225 e. The standard InChI is InChI=1S/C18H27N5O2/c24-18(23-5-1-2-6-23)15-3-7-21(8-4-15)16-13-17(20-14-19-16)22-9-11-25-12-10-22/h13-15H,1-12H2. The van der Waals surface area contributed by atoms with Crippen molar-refractivity contribution in [2.75, 3.05) is 62.3 Å². The Hall–Kier alpha value is -1.89. The first-order chi connectivity index (χ1) is 12.3. The molecule has 0 aromatic carbocycles. The second-order valence-corrected chi connectivity index (χ2v) is 7.13. The number of rotatable bonds is 3. The van der Waals surface area contributed by atoms with E-state index in [1.165, 1.54) is 0 Å². The maximum absolute atomic E-state index is 12.6. The molecule has 1 aromatic rings. The van der Waals surface area contributed by atoms with Gasteiger partial charge >= 0.3 is 0 Å². The molecule has 0 saturated carbocycles. The lowest BCUT2D eigenvalue weighted by Gasteiger charge is -2.34. The van der Waals surface area contributed by atoms with E-state index < -0.39 is 0 Å². The number of piperidine rings is 1. The van der Waals surface area contributed by atoms with Gasteiger partial charge in [0.05, 0.1) is 13.2 Å². The fourth-order valence-corrected chi connectivity index (χ4v) is 4.03. The van der Waals surface area contributed by atoms with Crippen LogP contribution < -0.4 is 9.80 Å². The minimum Gasteiger partial charge on any atom is -0.378 e. The van der Waals surface area contributed by atoms with E-state index in [2.05, 4.69) is 30.7 Å². The van der Waals surface area contributed by atoms with E-state index in [9.17, 15) is 4.79 Å². The van der Waals surface area contributed by atoms with Crippen molar-refractivity contribution in [2.45, 2.75) is 25.7 Å². The second-order valence-electron chi connectivity index (χ2n) is 7.13. The topological polar surface area (TPSA) is 61.8 Å². The van der Waals surface area contributed by atoms with E-state index in [-0.39, 0.29) is 5.92 Å². The molecule has 0 atom stereocenters. The van der Waals surface area contributed by atoms with E-state index >= 15 is 0 Å². The van der Waals surface area contributed by atoms with Gasteiger partial charge < -0.3 is 19.4 Å². The van der Waals surface area contributed by atoms with E-state index in [1.807, 2.05) is 0 Å². The molecular weight excluding hydrogens is 318 g/mol. The number of ether oxygens (including phenoxy) is 1. The first kappa shape index (κ1) is 16.6. The predicted molar refractivity (Wildman–Crippen MR) is 95.8 cm³/mol. The zero-order chi connectivity index (χ0) is 17.1. The highest BCUT2D eigenvalue weighted by molar-refractivity contribution is 5.79. The number of nitrogens with zero attached hydrogens (tertiary/aromatic N) is 5. The van der Waals surface area contributed by atoms with Gasteiger partial charge in [-0.1, -0.05) is 0 Å². The van der Waals surface area contributed by atoms with Crippen LogP contribution >= 0.6 is 0 Å². The van der Waals surface area contributed by atoms with E-state index in [0.717, 1.165) is 89.8 Å². The predicted octanol–water partition coefficient (Wildman–Crippen LogP) is 1.15. The Kier molecular flexibility index (Phi) is 5.01. The molecule has 7 nitrogen and oxygen atoms in total. The van der Waals surface area contributed by atoms with Crippen LogP contribution in [0.3, 0.4) is 0 Å². The summed E-state index contributed by atoms with van der Waals surface area (Å²) in [5, 5.41) is 0. The number of carbonyl (C=O) groups excluding carboxylic acids is 1. The van der Waals surface area contributed by atoms with Crippen molar-refractivity contribution < 1.29 is 9.53 Å². The molecular formula is C18H27N5O2. The van der Waals surface area contributed by atoms with Gasteiger partial charge in [0.25, 0.3) is 0 Å². The van der Waals surface area contributed by atoms with Crippen LogP contribution in [0.15, 0.2) is 12.4 Å². The third-order valence-electron chi connectivity index (χ3n) is 5.56. The third-order valence-corrected chi connectivity index (χ3v) is 5.56. The van der Waals surface area contributed by atoms with Crippen LogP contribution in [-0.4, -0.2) is 73.3 Å². The molecule has 0 aliphatic carbocycles. The smallest absolute Gasteiger partial charge is 0.225 e. The minimum absolute atomic E-state index is 0.190. The summed E-state index contributed by atoms with van der Waals surface area (Å²) in [7, 11) is 0. The van der Waals surface area contributed by atoms with Crippen molar-refractivity contribution in [1.29, 1.82) is 0 Å². The number of amides is 1. The zero-order valence-electron chi connectivity index (χ0n) is 14.8. The number of aromatic nitrogens is 2. The molecule has 1 aromatic heterocycles. The van der Waals surface area contributed by atoms with Crippen molar-refractivity contribution in [3.05, 3.63) is 12.4 Å². The highest BCUT2D eigenvalue weighted by Crippen LogP contribution is 2.26. The summed E-state index contributed by atoms with van der Waals surface area (Å²) in [6, 6.07) is 2.08. The van der Waals surface area contributed by atoms with Crippen molar-refractivity contribution in [1.82, 2.24) is 14.9 Å². The summed E-state index contributed by atoms with van der Waals surface area (Å²) in [5.74, 6) is 2.51. The molecule has 0 N–H and O–H groups in total. The molecule has 1 amide bonds. The molecule has 3 aliphatic heterocycles. The lowest BCUT2D eigenvalue weighted by molar-refractivity contribution is -0.135. The highest BCUT2D eigenvalue weighted by Gasteiger charge is 2.30. The maximum atomic E-state index is 12.6. The van der Waals surface area contributed by atoms with Crippen LogP contribution in [0.2, 0.25) is 0 Å². The molecule has 3 fully saturated rings. The Morgan fingerprint density at radius 1 is 0.920 bits per heavy atom. The molecule has 0 bridgehead atoms. The van der Waals surface area contributed by atoms with Gasteiger partial charge in [-0.3, -0.25) is 4.79 Å². The molecule has 3 aliphatic rings. The fraction of sp³-hybridized carbons (Fsp3) is 0.722. The van der Waals surface area contributed by atoms with Gasteiger partial charge in [0, 0.05) is 51.3 Å². The molecule has 136 valence electrons. The number of hydrogen-bond acceptors (Lipinski definition) is 6. The summed E-state index contributed by atoms with van der Waals surface area (Å²) in [6.07, 6.45) is 5.83. The largest absolute Gasteiger partial charge is 0.378 e. The number of hydrogen-bond donors (Lipinski definition) is 0. The Balaban J connectivity index is 1.36. The van der Waals surface area contributed by atoms with E-state index in [0.29, 0.717) is 5.91 Å². The molecule has 0 spiro atoms. The Morgan fingerprint density at radius 2 is 1.52 bits per heavy atom. The van der Waals surface area contributed by atoms with Crippen LogP contribution in [0.25, 0.3) is 0 Å². The number of anilines is 2. The molecule has 4 rings (SSSR count). The van der Waals surface area contributed by atoms with Crippen LogP contribution in [-0.2, 0) is 9.53 Å². The van der Waals surface area contributed by atoms with Crippen molar-refractivity contribution >= 4 is 17.5 Å². The van der Waals surface area contributed by atoms with E-state index in [1.54, 1.807) is 6.33 Å². The number of likely N-dealkylation sites (tertiary alicyclic amines) is 1. The van der Waals surface area contributed by atoms with Crippen LogP contribution in [0.4, 0.5) is 11.6 Å². The van der Waals surface area contributed by atoms with Crippen molar-refractivity contribution in [3.8, 4) is 0 Å². The lowest BCUT2D eigenvalue weighted by Crippen LogP contribution is -2.42. The van der Waals surface area contributed by atoms with Crippen molar-refractivity contribution in [3.63, 3.8) is 0 Å². The zero-order valence-corrected chi connectivity index (χ0v) is 14.8. The molecule has 0 unspecified atom stereocenters. The van der Waals surface area contributed by atoms with Crippen molar-refractivity contribution in [2.24, 2.45) is 5.92 Å². The van der Waals surface area contributed by atoms with Gasteiger partial charge in [0.15, 0.2) is 0 Å². The minimum atomic E-state index is 0.190. The van der Waals surface area contributed by atoms with Crippen LogP contribution in [0, 0.1) is 5.92 Å². The number of carbonyl (C=O) groups is 1. The average Bonchev–Trinajstić information content (AvgIpc) is 3.23. The number of morpholine rings is 1. The van der Waals surface area contributed by atoms with Gasteiger partial charge in [-0.25, -0.2) is 9.97 Å². The molecule has 7 heteroatoms. The highest BCUT2D eigenvalue weighted by atomic mass is 16.5. The van der Waals surface area contributed by atoms with Crippen LogP contribution in [0.1, 0.15) is 25.7 Å². The summed E-state index contributed by atoms with van der Waals surface area (Å²) in [5.41, 5.74) is 0. The first-order valence-corrected chi connectivity index (χ1v) is 9.50. The van der Waals surface area contributed by atoms with E-state index in [4.69, 9.17) is 4.74 Å². The monoisotopic (exact) mass is 345 g/mol. The SMILES string of the molecule is O=C(C1CCN(c2cc(N3CCOCC3)ncn2)CC1)N1CCCC1. The molecule has 25 heavy (non-hydrogen) atoms. The fourth-order valence-electron chi connectivity index (χ4n) is 4.03. The first-order valence-electron chi connectivity index (χ1n) is 9.50. The van der Waals surface area contributed by atoms with Crippen LogP contribution in [0.5, 0.6) is 0 Å². The van der Waals surface area contributed by atoms with Gasteiger partial charge in [-0.2, -0.15) is 0 Å². The summed E-state index contributed by atoms with van der Waals surface area (Å²) in [6.45, 7) is 6.95. The molecule has 0 radical (unpaired) electrons. The quantitative estimate of drug-likeness (QED) is 0.819. The van der Waals surface area contributed by atoms with Gasteiger partial charge in [0.2, 0.25) is 5.91 Å². The molecule has 4 heterocycles. The Morgan fingerprint density at radius 3 is 2.16 bits per heavy atom. The van der Waals surface area contributed by atoms with Gasteiger partial charge in [-0.05, 0) is 25.7 Å². The Labute approximate surface area is 149 Å². The summed E-state index contributed by atoms with van der Waals surface area (Å²) in [4.78, 5) is 28.1. The summed E-state index contributed by atoms with van der Waals surface area (Å²) >= 11 is 0. The second kappa shape index (κ2) is 7.56. The average molecular weight is 345 g/mol. The Bertz CT molecular complexity index is 591. The van der Waals surface area contributed by atoms with Gasteiger partial charge in [0.1, 0.15) is 18.0 Å². The van der Waals surface area contributed by atoms with Gasteiger partial charge in [-0.15, -0.1) is 0 Å².